The van der Waals surface area contributed by atoms with Gasteiger partial charge in [-0.15, -0.1) is 0 Å². The van der Waals surface area contributed by atoms with Gasteiger partial charge in [-0.3, -0.25) is 0 Å². The van der Waals surface area contributed by atoms with Crippen molar-refractivity contribution in [3.05, 3.63) is 58.1 Å². The fraction of sp³-hybridized carbons (Fsp3) is 0.158. The van der Waals surface area contributed by atoms with E-state index in [-0.39, 0.29) is 17.1 Å². The monoisotopic (exact) mass is 458 g/mol. The lowest BCUT2D eigenvalue weighted by molar-refractivity contribution is 0.150. The first-order valence-corrected chi connectivity index (χ1v) is 9.19. The van der Waals surface area contributed by atoms with Crippen LogP contribution in [0.5, 0.6) is 5.75 Å². The summed E-state index contributed by atoms with van der Waals surface area (Å²) in [5.74, 6) is 0.574. The van der Waals surface area contributed by atoms with Crippen molar-refractivity contribution in [2.45, 2.75) is 13.3 Å². The highest BCUT2D eigenvalue weighted by Crippen LogP contribution is 2.33. The molecule has 0 aliphatic carbocycles. The van der Waals surface area contributed by atoms with Gasteiger partial charge in [0, 0.05) is 23.5 Å². The Morgan fingerprint density at radius 1 is 1.28 bits per heavy atom. The second kappa shape index (κ2) is 7.25. The minimum atomic E-state index is -2.75. The van der Waals surface area contributed by atoms with Crippen molar-refractivity contribution in [3.63, 3.8) is 0 Å². The van der Waals surface area contributed by atoms with Crippen LogP contribution in [0.25, 0.3) is 22.6 Å². The first-order chi connectivity index (χ1) is 13.9. The van der Waals surface area contributed by atoms with Crippen LogP contribution in [0.2, 0.25) is 0 Å². The molecule has 0 bridgehead atoms. The zero-order chi connectivity index (χ0) is 20.7. The average molecular weight is 459 g/mol. The Kier molecular flexibility index (Phi) is 4.76. The molecule has 10 heteroatoms. The van der Waals surface area contributed by atoms with E-state index in [9.17, 15) is 8.78 Å². The van der Waals surface area contributed by atoms with Crippen molar-refractivity contribution in [1.29, 1.82) is 5.26 Å². The van der Waals surface area contributed by atoms with Crippen LogP contribution in [0, 0.1) is 18.3 Å². The third kappa shape index (κ3) is 3.23. The summed E-state index contributed by atoms with van der Waals surface area (Å²) in [5, 5.41) is 17.5. The summed E-state index contributed by atoms with van der Waals surface area (Å²) in [5.41, 5.74) is 2.16. The molecule has 0 saturated heterocycles. The maximum absolute atomic E-state index is 13.6. The highest BCUT2D eigenvalue weighted by molar-refractivity contribution is 9.10. The molecule has 0 amide bonds. The quantitative estimate of drug-likeness (QED) is 0.450. The first kappa shape index (κ1) is 19.0. The number of halogens is 3. The number of nitriles is 1. The van der Waals surface area contributed by atoms with Crippen LogP contribution in [0.1, 0.15) is 23.4 Å². The van der Waals surface area contributed by atoms with E-state index < -0.39 is 6.43 Å². The lowest BCUT2D eigenvalue weighted by Gasteiger charge is -2.11. The van der Waals surface area contributed by atoms with Gasteiger partial charge in [0.05, 0.1) is 34.6 Å². The zero-order valence-electron chi connectivity index (χ0n) is 15.3. The van der Waals surface area contributed by atoms with E-state index in [0.29, 0.717) is 28.2 Å². The number of aryl methyl sites for hydroxylation is 1. The van der Waals surface area contributed by atoms with Gasteiger partial charge in [0.1, 0.15) is 11.8 Å². The van der Waals surface area contributed by atoms with Crippen LogP contribution in [0.3, 0.4) is 0 Å². The number of methoxy groups -OCH3 is 1. The van der Waals surface area contributed by atoms with E-state index in [1.807, 2.05) is 6.07 Å². The van der Waals surface area contributed by atoms with E-state index in [0.717, 1.165) is 4.47 Å². The number of hydrogen-bond donors (Lipinski definition) is 0. The minimum absolute atomic E-state index is 0.0278. The summed E-state index contributed by atoms with van der Waals surface area (Å²) in [7, 11) is 1.55. The molecule has 4 aromatic heterocycles. The van der Waals surface area contributed by atoms with Crippen molar-refractivity contribution in [2.24, 2.45) is 0 Å². The third-order valence-corrected chi connectivity index (χ3v) is 5.01. The predicted octanol–water partition coefficient (Wildman–Crippen LogP) is 4.47. The molecule has 4 heterocycles. The number of ether oxygens (including phenoxy) is 1. The maximum atomic E-state index is 13.6. The molecule has 0 unspecified atom stereocenters. The number of pyridine rings is 2. The molecule has 0 atom stereocenters. The summed E-state index contributed by atoms with van der Waals surface area (Å²) in [6.07, 6.45) is 0.593. The number of aromatic nitrogens is 5. The SMILES string of the molecule is COc1cc2c(-c3ccc(C(F)F)c(-n4nc(C#N)cc4C)n3)cnn2cc1Br. The molecule has 0 radical (unpaired) electrons. The Morgan fingerprint density at radius 2 is 2.07 bits per heavy atom. The van der Waals surface area contributed by atoms with Crippen molar-refractivity contribution in [1.82, 2.24) is 24.4 Å². The number of alkyl halides is 2. The molecule has 4 aromatic rings. The maximum Gasteiger partial charge on any atom is 0.267 e. The summed E-state index contributed by atoms with van der Waals surface area (Å²) in [6.45, 7) is 1.68. The smallest absolute Gasteiger partial charge is 0.267 e. The molecule has 146 valence electrons. The van der Waals surface area contributed by atoms with Crippen LogP contribution in [0.15, 0.2) is 41.1 Å². The Labute approximate surface area is 172 Å². The summed E-state index contributed by atoms with van der Waals surface area (Å²) >= 11 is 3.41. The van der Waals surface area contributed by atoms with Gasteiger partial charge in [-0.25, -0.2) is 23.0 Å². The van der Waals surface area contributed by atoms with E-state index in [2.05, 4.69) is 31.1 Å². The molecular formula is C19H13BrF2N6O. The van der Waals surface area contributed by atoms with Gasteiger partial charge >= 0.3 is 0 Å². The van der Waals surface area contributed by atoms with Crippen LogP contribution in [0.4, 0.5) is 8.78 Å². The Bertz CT molecular complexity index is 1270. The van der Waals surface area contributed by atoms with Crippen molar-refractivity contribution in [3.8, 4) is 28.9 Å². The molecule has 0 aromatic carbocycles. The molecule has 4 rings (SSSR count). The van der Waals surface area contributed by atoms with Crippen LogP contribution < -0.4 is 4.74 Å². The second-order valence-electron chi connectivity index (χ2n) is 6.18. The molecule has 0 aliphatic rings. The van der Waals surface area contributed by atoms with Crippen LogP contribution in [-0.4, -0.2) is 31.5 Å². The normalized spacial score (nSPS) is 11.2. The minimum Gasteiger partial charge on any atom is -0.495 e. The lowest BCUT2D eigenvalue weighted by Crippen LogP contribution is -2.07. The topological polar surface area (TPSA) is 81.0 Å². The van der Waals surface area contributed by atoms with Gasteiger partial charge in [0.2, 0.25) is 0 Å². The Hall–Kier alpha value is -3.32. The molecule has 7 nitrogen and oxygen atoms in total. The van der Waals surface area contributed by atoms with Gasteiger partial charge in [0.25, 0.3) is 6.43 Å². The number of rotatable bonds is 4. The van der Waals surface area contributed by atoms with E-state index in [4.69, 9.17) is 10.00 Å². The lowest BCUT2D eigenvalue weighted by atomic mass is 10.1. The van der Waals surface area contributed by atoms with Gasteiger partial charge in [0.15, 0.2) is 11.5 Å². The predicted molar refractivity (Wildman–Crippen MR) is 104 cm³/mol. The highest BCUT2D eigenvalue weighted by Gasteiger charge is 2.21. The fourth-order valence-electron chi connectivity index (χ4n) is 3.03. The number of nitrogens with zero attached hydrogens (tertiary/aromatic N) is 6. The molecule has 0 saturated carbocycles. The number of fused-ring (bicyclic) bond motifs is 1. The summed E-state index contributed by atoms with van der Waals surface area (Å²) < 4.78 is 36.2. The summed E-state index contributed by atoms with van der Waals surface area (Å²) in [6, 6.07) is 8.04. The van der Waals surface area contributed by atoms with Crippen LogP contribution >= 0.6 is 15.9 Å². The Morgan fingerprint density at radius 3 is 2.72 bits per heavy atom. The average Bonchev–Trinajstić information content (AvgIpc) is 3.29. The third-order valence-electron chi connectivity index (χ3n) is 4.41. The summed E-state index contributed by atoms with van der Waals surface area (Å²) in [4.78, 5) is 4.45. The second-order valence-corrected chi connectivity index (χ2v) is 7.04. The van der Waals surface area contributed by atoms with Gasteiger partial charge in [-0.05, 0) is 41.1 Å². The van der Waals surface area contributed by atoms with E-state index >= 15 is 0 Å². The van der Waals surface area contributed by atoms with E-state index in [1.165, 1.54) is 22.9 Å². The van der Waals surface area contributed by atoms with Crippen LogP contribution in [-0.2, 0) is 0 Å². The molecule has 0 spiro atoms. The standard InChI is InChI=1S/C19H13BrF2N6O/c1-10-5-11(7-23)26-28(10)19-12(18(21)22)3-4-15(25-19)13-8-24-27-9-14(20)17(29-2)6-16(13)27/h3-6,8-9,18H,1-2H3. The van der Waals surface area contributed by atoms with Gasteiger partial charge in [-0.1, -0.05) is 0 Å². The van der Waals surface area contributed by atoms with Crippen molar-refractivity contribution >= 4 is 21.4 Å². The van der Waals surface area contributed by atoms with E-state index in [1.54, 1.807) is 37.0 Å². The van der Waals surface area contributed by atoms with Gasteiger partial charge in [-0.2, -0.15) is 15.5 Å². The molecular weight excluding hydrogens is 446 g/mol. The zero-order valence-corrected chi connectivity index (χ0v) is 16.9. The largest absolute Gasteiger partial charge is 0.495 e. The Balaban J connectivity index is 1.93. The number of hydrogen-bond acceptors (Lipinski definition) is 5. The molecule has 29 heavy (non-hydrogen) atoms. The highest BCUT2D eigenvalue weighted by atomic mass is 79.9. The molecule has 0 N–H and O–H groups in total. The molecule has 0 fully saturated rings. The fourth-order valence-corrected chi connectivity index (χ4v) is 3.50. The van der Waals surface area contributed by atoms with Crippen molar-refractivity contribution in [2.75, 3.05) is 7.11 Å². The van der Waals surface area contributed by atoms with Gasteiger partial charge < -0.3 is 4.74 Å². The first-order valence-electron chi connectivity index (χ1n) is 8.40. The molecule has 0 aliphatic heterocycles. The van der Waals surface area contributed by atoms with Crippen molar-refractivity contribution < 1.29 is 13.5 Å².